The van der Waals surface area contributed by atoms with E-state index >= 15 is 0 Å². The lowest BCUT2D eigenvalue weighted by atomic mass is 10.2. The van der Waals surface area contributed by atoms with Crippen LogP contribution in [-0.4, -0.2) is 35.4 Å². The van der Waals surface area contributed by atoms with Crippen LogP contribution in [0.2, 0.25) is 5.02 Å². The number of sulfonamides is 1. The molecular weight excluding hydrogens is 456 g/mol. The maximum Gasteiger partial charge on any atom is 0.286 e. The molecule has 4 rings (SSSR count). The summed E-state index contributed by atoms with van der Waals surface area (Å²) in [5.41, 5.74) is 2.14. The van der Waals surface area contributed by atoms with E-state index in [0.29, 0.717) is 39.1 Å². The summed E-state index contributed by atoms with van der Waals surface area (Å²) in [5, 5.41) is 12.1. The minimum absolute atomic E-state index is 0.172. The third-order valence-electron chi connectivity index (χ3n) is 5.14. The molecule has 1 atom stereocenters. The first-order chi connectivity index (χ1) is 14.8. The van der Waals surface area contributed by atoms with Crippen molar-refractivity contribution >= 4 is 44.6 Å². The highest BCUT2D eigenvalue weighted by molar-refractivity contribution is 7.89. The van der Waals surface area contributed by atoms with Gasteiger partial charge in [0.25, 0.3) is 5.91 Å². The molecule has 0 aliphatic carbocycles. The first-order valence-corrected chi connectivity index (χ1v) is 12.4. The number of halogens is 1. The van der Waals surface area contributed by atoms with Crippen LogP contribution >= 0.6 is 22.9 Å². The average molecular weight is 477 g/mol. The van der Waals surface area contributed by atoms with Gasteiger partial charge in [-0.1, -0.05) is 41.1 Å². The number of anilines is 1. The summed E-state index contributed by atoms with van der Waals surface area (Å²) in [7, 11) is -3.70. The Hall–Kier alpha value is -2.33. The average Bonchev–Trinajstić information content (AvgIpc) is 3.39. The Bertz CT molecular complexity index is 1240. The SMILES string of the molecule is Cc1ccc(C)c(S(=O)(=O)N2CCC[C@@H]2c2nnc(C(=O)Nc3cccc(Cl)c3)s2)c1. The molecule has 1 amide bonds. The zero-order chi connectivity index (χ0) is 22.2. The fourth-order valence-electron chi connectivity index (χ4n) is 3.60. The van der Waals surface area contributed by atoms with Crippen LogP contribution in [-0.2, 0) is 10.0 Å². The molecule has 162 valence electrons. The fraction of sp³-hybridized carbons (Fsp3) is 0.286. The molecule has 0 spiro atoms. The van der Waals surface area contributed by atoms with Crippen LogP contribution in [0.5, 0.6) is 0 Å². The Balaban J connectivity index is 1.58. The van der Waals surface area contributed by atoms with E-state index < -0.39 is 22.0 Å². The van der Waals surface area contributed by atoms with E-state index in [1.54, 1.807) is 37.3 Å². The minimum Gasteiger partial charge on any atom is -0.320 e. The summed E-state index contributed by atoms with van der Waals surface area (Å²) in [6.45, 7) is 4.07. The number of benzene rings is 2. The summed E-state index contributed by atoms with van der Waals surface area (Å²) in [5.74, 6) is -0.409. The molecule has 1 aliphatic rings. The predicted molar refractivity (Wildman–Crippen MR) is 121 cm³/mol. The van der Waals surface area contributed by atoms with Crippen LogP contribution in [0.4, 0.5) is 5.69 Å². The van der Waals surface area contributed by atoms with E-state index in [2.05, 4.69) is 15.5 Å². The Morgan fingerprint density at radius 3 is 2.77 bits per heavy atom. The minimum atomic E-state index is -3.70. The van der Waals surface area contributed by atoms with Crippen LogP contribution < -0.4 is 5.32 Å². The number of nitrogens with zero attached hydrogens (tertiary/aromatic N) is 3. The third kappa shape index (κ3) is 4.50. The van der Waals surface area contributed by atoms with Gasteiger partial charge in [-0.25, -0.2) is 8.42 Å². The molecule has 0 unspecified atom stereocenters. The van der Waals surface area contributed by atoms with Gasteiger partial charge in [0.2, 0.25) is 15.0 Å². The van der Waals surface area contributed by atoms with E-state index in [1.165, 1.54) is 4.31 Å². The molecule has 1 saturated heterocycles. The van der Waals surface area contributed by atoms with Crippen LogP contribution in [0.25, 0.3) is 0 Å². The Kier molecular flexibility index (Phi) is 6.11. The normalized spacial score (nSPS) is 17.1. The third-order valence-corrected chi connectivity index (χ3v) is 8.44. The maximum absolute atomic E-state index is 13.4. The van der Waals surface area contributed by atoms with Crippen molar-refractivity contribution in [1.29, 1.82) is 0 Å². The molecule has 2 aromatic carbocycles. The zero-order valence-electron chi connectivity index (χ0n) is 17.0. The second-order valence-corrected chi connectivity index (χ2v) is 10.8. The van der Waals surface area contributed by atoms with Gasteiger partial charge in [-0.3, -0.25) is 4.79 Å². The van der Waals surface area contributed by atoms with E-state index in [9.17, 15) is 13.2 Å². The molecular formula is C21H21ClN4O3S2. The van der Waals surface area contributed by atoms with Gasteiger partial charge in [-0.15, -0.1) is 10.2 Å². The number of amides is 1. The molecule has 10 heteroatoms. The van der Waals surface area contributed by atoms with Crippen molar-refractivity contribution in [3.63, 3.8) is 0 Å². The molecule has 31 heavy (non-hydrogen) atoms. The smallest absolute Gasteiger partial charge is 0.286 e. The van der Waals surface area contributed by atoms with Crippen molar-refractivity contribution in [2.75, 3.05) is 11.9 Å². The molecule has 0 saturated carbocycles. The van der Waals surface area contributed by atoms with Crippen molar-refractivity contribution in [2.45, 2.75) is 37.6 Å². The lowest BCUT2D eigenvalue weighted by molar-refractivity contribution is 0.102. The van der Waals surface area contributed by atoms with Gasteiger partial charge in [-0.05, 0) is 62.1 Å². The number of rotatable bonds is 5. The fourth-order valence-corrected chi connectivity index (χ4v) is 6.71. The molecule has 0 radical (unpaired) electrons. The lowest BCUT2D eigenvalue weighted by Gasteiger charge is -2.23. The number of carbonyl (C=O) groups is 1. The van der Waals surface area contributed by atoms with Crippen molar-refractivity contribution in [3.8, 4) is 0 Å². The van der Waals surface area contributed by atoms with E-state index in [0.717, 1.165) is 23.3 Å². The number of hydrogen-bond donors (Lipinski definition) is 1. The molecule has 3 aromatic rings. The van der Waals surface area contributed by atoms with Crippen LogP contribution in [0.1, 0.15) is 44.8 Å². The van der Waals surface area contributed by atoms with Gasteiger partial charge in [0, 0.05) is 17.3 Å². The second-order valence-electron chi connectivity index (χ2n) is 7.45. The largest absolute Gasteiger partial charge is 0.320 e. The summed E-state index contributed by atoms with van der Waals surface area (Å²) < 4.78 is 28.3. The van der Waals surface area contributed by atoms with E-state index in [1.807, 2.05) is 19.1 Å². The Morgan fingerprint density at radius 1 is 1.19 bits per heavy atom. The van der Waals surface area contributed by atoms with Crippen LogP contribution in [0.3, 0.4) is 0 Å². The summed E-state index contributed by atoms with van der Waals surface area (Å²) in [4.78, 5) is 12.9. The van der Waals surface area contributed by atoms with Crippen LogP contribution in [0, 0.1) is 13.8 Å². The van der Waals surface area contributed by atoms with E-state index in [4.69, 9.17) is 11.6 Å². The Labute approximate surface area is 190 Å². The maximum atomic E-state index is 13.4. The molecule has 1 aromatic heterocycles. The van der Waals surface area contributed by atoms with Crippen molar-refractivity contribution in [3.05, 3.63) is 68.6 Å². The number of hydrogen-bond acceptors (Lipinski definition) is 6. The van der Waals surface area contributed by atoms with Gasteiger partial charge in [0.15, 0.2) is 0 Å². The summed E-state index contributed by atoms with van der Waals surface area (Å²) in [6.07, 6.45) is 1.35. The van der Waals surface area contributed by atoms with Crippen molar-refractivity contribution in [1.82, 2.24) is 14.5 Å². The molecule has 1 fully saturated rings. The van der Waals surface area contributed by atoms with Crippen molar-refractivity contribution in [2.24, 2.45) is 0 Å². The molecule has 2 heterocycles. The van der Waals surface area contributed by atoms with Crippen molar-refractivity contribution < 1.29 is 13.2 Å². The predicted octanol–water partition coefficient (Wildman–Crippen LogP) is 4.59. The second kappa shape index (κ2) is 8.66. The van der Waals surface area contributed by atoms with Gasteiger partial charge in [0.1, 0.15) is 5.01 Å². The summed E-state index contributed by atoms with van der Waals surface area (Å²) in [6, 6.07) is 11.8. The van der Waals surface area contributed by atoms with Gasteiger partial charge in [-0.2, -0.15) is 4.31 Å². The molecule has 0 bridgehead atoms. The van der Waals surface area contributed by atoms with Gasteiger partial charge < -0.3 is 5.32 Å². The summed E-state index contributed by atoms with van der Waals surface area (Å²) >= 11 is 7.07. The van der Waals surface area contributed by atoms with Gasteiger partial charge >= 0.3 is 0 Å². The van der Waals surface area contributed by atoms with E-state index in [-0.39, 0.29) is 5.01 Å². The quantitative estimate of drug-likeness (QED) is 0.581. The standard InChI is InChI=1S/C21H21ClN4O3S2/c1-13-8-9-14(2)18(11-13)31(28,29)26-10-4-7-17(26)20-24-25-21(30-20)19(27)23-16-6-3-5-15(22)12-16/h3,5-6,8-9,11-12,17H,4,7,10H2,1-2H3,(H,23,27)/t17-/m1/s1. The molecule has 1 aliphatic heterocycles. The molecule has 7 nitrogen and oxygen atoms in total. The first kappa shape index (κ1) is 21.9. The number of carbonyl (C=O) groups excluding carboxylic acids is 1. The number of nitrogens with one attached hydrogen (secondary N) is 1. The van der Waals surface area contributed by atoms with Gasteiger partial charge in [0.05, 0.1) is 10.9 Å². The first-order valence-electron chi connectivity index (χ1n) is 9.75. The zero-order valence-corrected chi connectivity index (χ0v) is 19.4. The number of aryl methyl sites for hydroxylation is 2. The highest BCUT2D eigenvalue weighted by Crippen LogP contribution is 2.38. The highest BCUT2D eigenvalue weighted by atomic mass is 35.5. The molecule has 1 N–H and O–H groups in total. The van der Waals surface area contributed by atoms with Crippen LogP contribution in [0.15, 0.2) is 47.4 Å². The topological polar surface area (TPSA) is 92.3 Å². The lowest BCUT2D eigenvalue weighted by Crippen LogP contribution is -2.31. The monoisotopic (exact) mass is 476 g/mol. The number of aromatic nitrogens is 2. The highest BCUT2D eigenvalue weighted by Gasteiger charge is 2.39. The Morgan fingerprint density at radius 2 is 2.00 bits per heavy atom.